The summed E-state index contributed by atoms with van der Waals surface area (Å²) in [6.07, 6.45) is 3.98. The number of likely N-dealkylation sites (tertiary alicyclic amines) is 1. The maximum atomic E-state index is 12.8. The average Bonchev–Trinajstić information content (AvgIpc) is 3.23. The third kappa shape index (κ3) is 3.15. The van der Waals surface area contributed by atoms with E-state index in [0.717, 1.165) is 18.5 Å². The molecule has 4 heterocycles. The minimum Gasteiger partial charge on any atom is -0.351 e. The third-order valence-electron chi connectivity index (χ3n) is 5.24. The van der Waals surface area contributed by atoms with Gasteiger partial charge in [-0.25, -0.2) is 4.98 Å². The standard InChI is InChI=1S/C20H23N5O3/c1-13-6-7-16-22-18-14(20(28)25(16)12-13)11-15(23(18)2)19(27)21-8-4-10-24-9-3-5-17(24)26/h6-7,11-12H,3-5,8-10H2,1-2H3,(H,21,27). The summed E-state index contributed by atoms with van der Waals surface area (Å²) in [7, 11) is 1.73. The van der Waals surface area contributed by atoms with Gasteiger partial charge in [0.15, 0.2) is 0 Å². The van der Waals surface area contributed by atoms with Crippen LogP contribution < -0.4 is 10.9 Å². The van der Waals surface area contributed by atoms with Crippen molar-refractivity contribution < 1.29 is 9.59 Å². The molecule has 1 N–H and O–H groups in total. The summed E-state index contributed by atoms with van der Waals surface area (Å²) in [5.41, 5.74) is 2.20. The van der Waals surface area contributed by atoms with Gasteiger partial charge in [0.2, 0.25) is 5.91 Å². The highest BCUT2D eigenvalue weighted by Gasteiger charge is 2.20. The number of aromatic nitrogens is 3. The van der Waals surface area contributed by atoms with Gasteiger partial charge in [0.05, 0.1) is 5.39 Å². The summed E-state index contributed by atoms with van der Waals surface area (Å²) in [5, 5.41) is 3.29. The lowest BCUT2D eigenvalue weighted by Gasteiger charge is -2.15. The van der Waals surface area contributed by atoms with Crippen LogP contribution in [0.2, 0.25) is 0 Å². The topological polar surface area (TPSA) is 88.7 Å². The van der Waals surface area contributed by atoms with Crippen molar-refractivity contribution >= 4 is 28.5 Å². The Bertz CT molecular complexity index is 1140. The Hall–Kier alpha value is -3.16. The van der Waals surface area contributed by atoms with Crippen molar-refractivity contribution in [2.24, 2.45) is 7.05 Å². The summed E-state index contributed by atoms with van der Waals surface area (Å²) >= 11 is 0. The molecule has 3 aromatic heterocycles. The van der Waals surface area contributed by atoms with Crippen molar-refractivity contribution in [1.29, 1.82) is 0 Å². The Morgan fingerprint density at radius 3 is 2.86 bits per heavy atom. The predicted molar refractivity (Wildman–Crippen MR) is 105 cm³/mol. The summed E-state index contributed by atoms with van der Waals surface area (Å²) in [4.78, 5) is 43.4. The van der Waals surface area contributed by atoms with Crippen LogP contribution in [0, 0.1) is 6.92 Å². The molecule has 146 valence electrons. The van der Waals surface area contributed by atoms with Crippen LogP contribution in [0.3, 0.4) is 0 Å². The molecule has 0 bridgehead atoms. The molecule has 3 aromatic rings. The fourth-order valence-electron chi connectivity index (χ4n) is 3.70. The van der Waals surface area contributed by atoms with E-state index in [-0.39, 0.29) is 17.4 Å². The van der Waals surface area contributed by atoms with Crippen LogP contribution in [0.5, 0.6) is 0 Å². The van der Waals surface area contributed by atoms with Crippen LogP contribution in [0.1, 0.15) is 35.3 Å². The van der Waals surface area contributed by atoms with Gasteiger partial charge in [0.1, 0.15) is 17.0 Å². The molecule has 8 nitrogen and oxygen atoms in total. The fourth-order valence-corrected chi connectivity index (χ4v) is 3.70. The Morgan fingerprint density at radius 1 is 1.29 bits per heavy atom. The van der Waals surface area contributed by atoms with Crippen LogP contribution in [0.25, 0.3) is 16.7 Å². The molecule has 1 fully saturated rings. The number of aryl methyl sites for hydroxylation is 2. The number of hydrogen-bond donors (Lipinski definition) is 1. The number of rotatable bonds is 5. The minimum atomic E-state index is -0.252. The Labute approximate surface area is 161 Å². The molecule has 2 amide bonds. The van der Waals surface area contributed by atoms with Gasteiger partial charge in [-0.15, -0.1) is 0 Å². The molecule has 28 heavy (non-hydrogen) atoms. The van der Waals surface area contributed by atoms with Gasteiger partial charge >= 0.3 is 0 Å². The zero-order chi connectivity index (χ0) is 19.8. The summed E-state index contributed by atoms with van der Waals surface area (Å²) < 4.78 is 3.16. The number of nitrogens with one attached hydrogen (secondary N) is 1. The number of fused-ring (bicyclic) bond motifs is 2. The van der Waals surface area contributed by atoms with Gasteiger partial charge in [-0.05, 0) is 37.5 Å². The summed E-state index contributed by atoms with van der Waals surface area (Å²) in [6, 6.07) is 5.29. The molecule has 0 aliphatic carbocycles. The van der Waals surface area contributed by atoms with Crippen LogP contribution in [0.15, 0.2) is 29.2 Å². The molecule has 0 spiro atoms. The summed E-state index contributed by atoms with van der Waals surface area (Å²) in [5.74, 6) is -0.0632. The lowest BCUT2D eigenvalue weighted by Crippen LogP contribution is -2.31. The van der Waals surface area contributed by atoms with E-state index in [2.05, 4.69) is 10.3 Å². The second-order valence-electron chi connectivity index (χ2n) is 7.27. The first-order chi connectivity index (χ1) is 13.5. The number of hydrogen-bond acceptors (Lipinski definition) is 4. The van der Waals surface area contributed by atoms with E-state index in [0.29, 0.717) is 48.3 Å². The SMILES string of the molecule is Cc1ccc2nc3c(cc(C(=O)NCCCN4CCCC4=O)n3C)c(=O)n2c1. The van der Waals surface area contributed by atoms with Gasteiger partial charge < -0.3 is 14.8 Å². The molecule has 0 unspecified atom stereocenters. The first-order valence-electron chi connectivity index (χ1n) is 9.50. The second kappa shape index (κ2) is 7.10. The molecule has 0 radical (unpaired) electrons. The monoisotopic (exact) mass is 381 g/mol. The van der Waals surface area contributed by atoms with Crippen molar-refractivity contribution in [3.63, 3.8) is 0 Å². The quantitative estimate of drug-likeness (QED) is 0.674. The molecule has 1 aliphatic heterocycles. The molecule has 8 heteroatoms. The Kier molecular flexibility index (Phi) is 4.62. The fraction of sp³-hybridized carbons (Fsp3) is 0.400. The van der Waals surface area contributed by atoms with E-state index in [9.17, 15) is 14.4 Å². The average molecular weight is 381 g/mol. The molecule has 4 rings (SSSR count). The highest BCUT2D eigenvalue weighted by atomic mass is 16.2. The van der Waals surface area contributed by atoms with Crippen LogP contribution in [0.4, 0.5) is 0 Å². The molecule has 1 saturated heterocycles. The molecular formula is C20H23N5O3. The molecule has 0 atom stereocenters. The minimum absolute atomic E-state index is 0.189. The Balaban J connectivity index is 1.53. The van der Waals surface area contributed by atoms with Crippen molar-refractivity contribution in [3.8, 4) is 0 Å². The van der Waals surface area contributed by atoms with Gasteiger partial charge in [-0.1, -0.05) is 6.07 Å². The first kappa shape index (κ1) is 18.2. The van der Waals surface area contributed by atoms with Crippen molar-refractivity contribution in [1.82, 2.24) is 24.2 Å². The van der Waals surface area contributed by atoms with E-state index >= 15 is 0 Å². The lowest BCUT2D eigenvalue weighted by atomic mass is 10.3. The normalized spacial score (nSPS) is 14.4. The van der Waals surface area contributed by atoms with E-state index in [1.165, 1.54) is 4.40 Å². The summed E-state index contributed by atoms with van der Waals surface area (Å²) in [6.45, 7) is 3.84. The van der Waals surface area contributed by atoms with E-state index in [4.69, 9.17) is 0 Å². The number of pyridine rings is 1. The highest BCUT2D eigenvalue weighted by molar-refractivity contribution is 5.98. The number of amides is 2. The zero-order valence-corrected chi connectivity index (χ0v) is 16.1. The van der Waals surface area contributed by atoms with Crippen molar-refractivity contribution in [2.45, 2.75) is 26.2 Å². The van der Waals surface area contributed by atoms with Gasteiger partial charge in [-0.3, -0.25) is 18.8 Å². The van der Waals surface area contributed by atoms with Gasteiger partial charge in [0, 0.05) is 39.3 Å². The van der Waals surface area contributed by atoms with Gasteiger partial charge in [-0.2, -0.15) is 0 Å². The zero-order valence-electron chi connectivity index (χ0n) is 16.1. The van der Waals surface area contributed by atoms with E-state index in [1.54, 1.807) is 29.9 Å². The first-order valence-corrected chi connectivity index (χ1v) is 9.50. The van der Waals surface area contributed by atoms with Crippen molar-refractivity contribution in [2.75, 3.05) is 19.6 Å². The molecule has 0 aromatic carbocycles. The van der Waals surface area contributed by atoms with E-state index < -0.39 is 0 Å². The van der Waals surface area contributed by atoms with E-state index in [1.807, 2.05) is 17.9 Å². The lowest BCUT2D eigenvalue weighted by molar-refractivity contribution is -0.127. The van der Waals surface area contributed by atoms with Crippen LogP contribution in [-0.2, 0) is 11.8 Å². The van der Waals surface area contributed by atoms with Gasteiger partial charge in [0.25, 0.3) is 11.5 Å². The third-order valence-corrected chi connectivity index (χ3v) is 5.24. The second-order valence-corrected chi connectivity index (χ2v) is 7.27. The van der Waals surface area contributed by atoms with Crippen molar-refractivity contribution in [3.05, 3.63) is 46.0 Å². The maximum absolute atomic E-state index is 12.8. The number of carbonyl (C=O) groups excluding carboxylic acids is 2. The predicted octanol–water partition coefficient (Wildman–Crippen LogP) is 1.24. The molecular weight excluding hydrogens is 358 g/mol. The molecule has 0 saturated carbocycles. The maximum Gasteiger partial charge on any atom is 0.267 e. The van der Waals surface area contributed by atoms with Crippen LogP contribution >= 0.6 is 0 Å². The molecule has 1 aliphatic rings. The highest BCUT2D eigenvalue weighted by Crippen LogP contribution is 2.15. The number of nitrogens with zero attached hydrogens (tertiary/aromatic N) is 4. The Morgan fingerprint density at radius 2 is 2.11 bits per heavy atom. The smallest absolute Gasteiger partial charge is 0.267 e. The van der Waals surface area contributed by atoms with Crippen LogP contribution in [-0.4, -0.2) is 50.3 Å². The number of carbonyl (C=O) groups is 2. The largest absolute Gasteiger partial charge is 0.351 e.